The van der Waals surface area contributed by atoms with Crippen LogP contribution in [0.2, 0.25) is 5.02 Å². The van der Waals surface area contributed by atoms with Crippen molar-refractivity contribution in [2.75, 3.05) is 13.3 Å². The summed E-state index contributed by atoms with van der Waals surface area (Å²) in [6.07, 6.45) is 1.63. The Balaban J connectivity index is 1.51. The molecule has 4 rings (SSSR count). The number of aromatic hydroxyl groups is 1. The van der Waals surface area contributed by atoms with Gasteiger partial charge in [0.05, 0.1) is 23.0 Å². The van der Waals surface area contributed by atoms with Crippen molar-refractivity contribution in [1.29, 1.82) is 0 Å². The number of phenols is 1. The number of aromatic amines is 1. The van der Waals surface area contributed by atoms with Crippen molar-refractivity contribution in [3.63, 3.8) is 0 Å². The van der Waals surface area contributed by atoms with Gasteiger partial charge < -0.3 is 10.0 Å². The minimum Gasteiger partial charge on any atom is -0.507 e. The Morgan fingerprint density at radius 3 is 2.49 bits per heavy atom. The number of fused-ring (bicyclic) bond motifs is 1. The lowest BCUT2D eigenvalue weighted by atomic mass is 10.0. The number of nitrogens with zero attached hydrogens (tertiary/aromatic N) is 2. The molecule has 3 N–H and O–H groups in total. The van der Waals surface area contributed by atoms with Gasteiger partial charge in [-0.2, -0.15) is 5.10 Å². The van der Waals surface area contributed by atoms with Crippen LogP contribution in [-0.4, -0.2) is 47.8 Å². The summed E-state index contributed by atoms with van der Waals surface area (Å²) in [5.74, 6) is -0.461. The second-order valence-corrected chi connectivity index (χ2v) is 10.7. The van der Waals surface area contributed by atoms with Crippen LogP contribution >= 0.6 is 11.6 Å². The molecule has 1 aromatic heterocycles. The lowest BCUT2D eigenvalue weighted by Crippen LogP contribution is -2.26. The van der Waals surface area contributed by atoms with Crippen molar-refractivity contribution in [3.8, 4) is 5.75 Å². The maximum absolute atomic E-state index is 13.2. The molecule has 0 atom stereocenters. The fraction of sp³-hybridized carbons (Fsp3) is 0.200. The van der Waals surface area contributed by atoms with Crippen molar-refractivity contribution in [2.24, 2.45) is 0 Å². The molecule has 0 spiro atoms. The molecule has 0 saturated heterocycles. The first-order valence-electron chi connectivity index (χ1n) is 10.8. The number of phenolic OH excluding ortho intramolecular Hbond substituents is 1. The van der Waals surface area contributed by atoms with Crippen molar-refractivity contribution in [2.45, 2.75) is 19.5 Å². The maximum Gasteiger partial charge on any atom is 0.257 e. The van der Waals surface area contributed by atoms with E-state index in [4.69, 9.17) is 11.6 Å². The summed E-state index contributed by atoms with van der Waals surface area (Å²) in [7, 11) is -1.61. The van der Waals surface area contributed by atoms with E-state index in [9.17, 15) is 18.3 Å². The molecule has 0 saturated carbocycles. The number of benzene rings is 3. The molecule has 0 unspecified atom stereocenters. The van der Waals surface area contributed by atoms with E-state index in [0.29, 0.717) is 23.5 Å². The fourth-order valence-electron chi connectivity index (χ4n) is 3.78. The highest BCUT2D eigenvalue weighted by atomic mass is 35.5. The molecule has 0 fully saturated rings. The largest absolute Gasteiger partial charge is 0.507 e. The second kappa shape index (κ2) is 10.1. The minimum absolute atomic E-state index is 0.130. The van der Waals surface area contributed by atoms with Gasteiger partial charge in [0.1, 0.15) is 5.75 Å². The van der Waals surface area contributed by atoms with Crippen LogP contribution in [0.4, 0.5) is 0 Å². The quantitative estimate of drug-likeness (QED) is 0.332. The van der Waals surface area contributed by atoms with E-state index in [1.54, 1.807) is 19.2 Å². The Morgan fingerprint density at radius 1 is 1.09 bits per heavy atom. The zero-order valence-corrected chi connectivity index (χ0v) is 20.8. The normalized spacial score (nSPS) is 11.6. The van der Waals surface area contributed by atoms with Crippen molar-refractivity contribution >= 4 is 38.4 Å². The van der Waals surface area contributed by atoms with Gasteiger partial charge in [-0.1, -0.05) is 48.0 Å². The molecule has 0 aliphatic carbocycles. The average Bonchev–Trinajstić information content (AvgIpc) is 3.18. The number of sulfonamides is 1. The van der Waals surface area contributed by atoms with E-state index in [-0.39, 0.29) is 23.8 Å². The molecule has 10 heteroatoms. The molecule has 1 heterocycles. The summed E-state index contributed by atoms with van der Waals surface area (Å²) < 4.78 is 25.0. The third kappa shape index (κ3) is 6.19. The number of halogens is 1. The number of nitrogens with one attached hydrogen (secondary N) is 2. The van der Waals surface area contributed by atoms with Gasteiger partial charge in [-0.25, -0.2) is 13.1 Å². The van der Waals surface area contributed by atoms with Gasteiger partial charge in [0.15, 0.2) is 0 Å². The summed E-state index contributed by atoms with van der Waals surface area (Å²) in [6.45, 7) is 0.515. The SMILES string of the molecule is CN(Cc1ccc(CNS(C)(=O)=O)cc1)C(=O)c1cc2c(Cc3cccc(Cl)c3)n[nH]c2cc1O. The van der Waals surface area contributed by atoms with Gasteiger partial charge in [-0.3, -0.25) is 9.89 Å². The van der Waals surface area contributed by atoms with Gasteiger partial charge in [-0.05, 0) is 34.9 Å². The number of H-pyrrole nitrogens is 1. The van der Waals surface area contributed by atoms with Crippen LogP contribution in [-0.2, 0) is 29.5 Å². The zero-order chi connectivity index (χ0) is 25.2. The highest BCUT2D eigenvalue weighted by Crippen LogP contribution is 2.28. The Bertz CT molecular complexity index is 1480. The molecule has 35 heavy (non-hydrogen) atoms. The van der Waals surface area contributed by atoms with Gasteiger partial charge in [0, 0.05) is 43.0 Å². The molecule has 0 aliphatic heterocycles. The first-order valence-corrected chi connectivity index (χ1v) is 13.1. The molecule has 1 amide bonds. The van der Waals surface area contributed by atoms with Crippen molar-refractivity contribution in [1.82, 2.24) is 19.8 Å². The summed E-state index contributed by atoms with van der Waals surface area (Å²) >= 11 is 6.10. The lowest BCUT2D eigenvalue weighted by molar-refractivity contribution is 0.0782. The number of amides is 1. The second-order valence-electron chi connectivity index (χ2n) is 8.46. The molecular formula is C25H25ClN4O4S. The molecule has 3 aromatic carbocycles. The highest BCUT2D eigenvalue weighted by molar-refractivity contribution is 7.88. The highest BCUT2D eigenvalue weighted by Gasteiger charge is 2.19. The van der Waals surface area contributed by atoms with Crippen LogP contribution in [0.1, 0.15) is 32.7 Å². The van der Waals surface area contributed by atoms with Crippen LogP contribution in [0.25, 0.3) is 10.9 Å². The maximum atomic E-state index is 13.2. The molecule has 0 bridgehead atoms. The van der Waals surface area contributed by atoms with Crippen LogP contribution in [0, 0.1) is 0 Å². The van der Waals surface area contributed by atoms with Gasteiger partial charge >= 0.3 is 0 Å². The van der Waals surface area contributed by atoms with Crippen LogP contribution in [0.15, 0.2) is 60.7 Å². The third-order valence-corrected chi connectivity index (χ3v) is 6.48. The minimum atomic E-state index is -3.27. The van der Waals surface area contributed by atoms with Crippen LogP contribution in [0.3, 0.4) is 0 Å². The lowest BCUT2D eigenvalue weighted by Gasteiger charge is -2.18. The van der Waals surface area contributed by atoms with Gasteiger partial charge in [0.2, 0.25) is 10.0 Å². The Hall–Kier alpha value is -3.40. The number of aromatic nitrogens is 2. The number of carbonyl (C=O) groups excluding carboxylic acids is 1. The number of hydrogen-bond acceptors (Lipinski definition) is 5. The fourth-order valence-corrected chi connectivity index (χ4v) is 4.42. The van der Waals surface area contributed by atoms with E-state index in [1.165, 1.54) is 11.0 Å². The van der Waals surface area contributed by atoms with Crippen molar-refractivity contribution in [3.05, 3.63) is 93.6 Å². The first-order chi connectivity index (χ1) is 16.6. The monoisotopic (exact) mass is 512 g/mol. The predicted molar refractivity (Wildman–Crippen MR) is 136 cm³/mol. The predicted octanol–water partition coefficient (Wildman–Crippen LogP) is 3.83. The molecular weight excluding hydrogens is 488 g/mol. The topological polar surface area (TPSA) is 115 Å². The first kappa shape index (κ1) is 24.7. The van der Waals surface area contributed by atoms with E-state index >= 15 is 0 Å². The number of carbonyl (C=O) groups is 1. The van der Waals surface area contributed by atoms with E-state index in [0.717, 1.165) is 34.0 Å². The molecule has 0 radical (unpaired) electrons. The van der Waals surface area contributed by atoms with Crippen LogP contribution < -0.4 is 4.72 Å². The summed E-state index contributed by atoms with van der Waals surface area (Å²) in [5, 5.41) is 19.2. The summed E-state index contributed by atoms with van der Waals surface area (Å²) in [4.78, 5) is 14.7. The molecule has 182 valence electrons. The summed E-state index contributed by atoms with van der Waals surface area (Å²) in [6, 6.07) is 18.0. The third-order valence-electron chi connectivity index (χ3n) is 5.58. The Labute approximate surface area is 208 Å². The van der Waals surface area contributed by atoms with Crippen molar-refractivity contribution < 1.29 is 18.3 Å². The standard InChI is InChI=1S/C25H25ClN4O4S/c1-30(15-17-8-6-16(7-9-17)14-27-35(2,33)34)25(32)21-12-20-22(28-29-23(20)13-24(21)31)11-18-4-3-5-19(26)10-18/h3-10,12-13,27,31H,11,14-15H2,1-2H3,(H,28,29). The number of hydrogen-bond donors (Lipinski definition) is 3. The molecule has 8 nitrogen and oxygen atoms in total. The van der Waals surface area contributed by atoms with Gasteiger partial charge in [-0.15, -0.1) is 0 Å². The zero-order valence-electron chi connectivity index (χ0n) is 19.2. The van der Waals surface area contributed by atoms with E-state index in [2.05, 4.69) is 14.9 Å². The smallest absolute Gasteiger partial charge is 0.257 e. The van der Waals surface area contributed by atoms with Crippen LogP contribution in [0.5, 0.6) is 5.75 Å². The van der Waals surface area contributed by atoms with E-state index < -0.39 is 10.0 Å². The average molecular weight is 513 g/mol. The Morgan fingerprint density at radius 2 is 1.80 bits per heavy atom. The molecule has 0 aliphatic rings. The molecule has 4 aromatic rings. The number of rotatable bonds is 8. The van der Waals surface area contributed by atoms with E-state index in [1.807, 2.05) is 42.5 Å². The van der Waals surface area contributed by atoms with Gasteiger partial charge in [0.25, 0.3) is 5.91 Å². The Kier molecular flexibility index (Phi) is 7.11. The summed E-state index contributed by atoms with van der Waals surface area (Å²) in [5.41, 5.74) is 4.23.